The van der Waals surface area contributed by atoms with Crippen molar-refractivity contribution in [1.82, 2.24) is 0 Å². The second-order valence-corrected chi connectivity index (χ2v) is 6.78. The van der Waals surface area contributed by atoms with Crippen LogP contribution in [0.1, 0.15) is 46.3 Å². The van der Waals surface area contributed by atoms with Gasteiger partial charge in [0.05, 0.1) is 22.2 Å². The number of benzene rings is 1. The van der Waals surface area contributed by atoms with Crippen LogP contribution in [0.15, 0.2) is 24.3 Å². The first-order valence-electron chi connectivity index (χ1n) is 7.33. The minimum absolute atomic E-state index is 0.0438. The number of nitrogens with zero attached hydrogens (tertiary/aromatic N) is 1. The van der Waals surface area contributed by atoms with Crippen molar-refractivity contribution < 1.29 is 19.3 Å². The topological polar surface area (TPSA) is 81.8 Å². The van der Waals surface area contributed by atoms with E-state index >= 15 is 0 Å². The molecule has 0 radical (unpaired) electrons. The standard InChI is InChI=1S/C15H22BNO5/c1-10(16-21-14(2,3)15(4,5)22-16)13(18)11-7-6-8-12(9-11)17(19)20/h6-10,13,18H,1-5H3. The molecule has 6 nitrogen and oxygen atoms in total. The van der Waals surface area contributed by atoms with Gasteiger partial charge in [-0.1, -0.05) is 19.1 Å². The summed E-state index contributed by atoms with van der Waals surface area (Å²) < 4.78 is 11.9. The van der Waals surface area contributed by atoms with E-state index in [1.165, 1.54) is 12.1 Å². The molecule has 7 heteroatoms. The van der Waals surface area contributed by atoms with Crippen molar-refractivity contribution in [2.24, 2.45) is 0 Å². The molecule has 1 aliphatic heterocycles. The minimum Gasteiger partial charge on any atom is -0.403 e. The van der Waals surface area contributed by atoms with Crippen molar-refractivity contribution in [3.05, 3.63) is 39.9 Å². The molecule has 1 aromatic rings. The Hall–Kier alpha value is -1.44. The lowest BCUT2D eigenvalue weighted by atomic mass is 9.68. The molecule has 1 N–H and O–H groups in total. The largest absolute Gasteiger partial charge is 0.463 e. The predicted octanol–water partition coefficient (Wildman–Crippen LogP) is 3.11. The second kappa shape index (κ2) is 5.64. The molecule has 2 unspecified atom stereocenters. The molecular formula is C15H22BNO5. The molecule has 22 heavy (non-hydrogen) atoms. The van der Waals surface area contributed by atoms with Crippen LogP contribution in [0.5, 0.6) is 0 Å². The molecule has 0 bridgehead atoms. The Balaban J connectivity index is 2.18. The molecule has 0 aromatic heterocycles. The number of aliphatic hydroxyl groups is 1. The lowest BCUT2D eigenvalue weighted by Crippen LogP contribution is -2.41. The molecule has 1 fully saturated rings. The average molecular weight is 307 g/mol. The maximum Gasteiger partial charge on any atom is 0.463 e. The Morgan fingerprint density at radius 3 is 2.27 bits per heavy atom. The number of hydrogen-bond donors (Lipinski definition) is 1. The molecule has 1 aromatic carbocycles. The highest BCUT2D eigenvalue weighted by atomic mass is 16.7. The van der Waals surface area contributed by atoms with Crippen LogP contribution in [0.25, 0.3) is 0 Å². The van der Waals surface area contributed by atoms with E-state index in [0.29, 0.717) is 5.56 Å². The van der Waals surface area contributed by atoms with Crippen molar-refractivity contribution in [3.8, 4) is 0 Å². The summed E-state index contributed by atoms with van der Waals surface area (Å²) >= 11 is 0. The first kappa shape index (κ1) is 16.9. The fraction of sp³-hybridized carbons (Fsp3) is 0.600. The molecule has 0 spiro atoms. The van der Waals surface area contributed by atoms with E-state index in [1.54, 1.807) is 12.1 Å². The monoisotopic (exact) mass is 307 g/mol. The third-order valence-corrected chi connectivity index (χ3v) is 4.62. The van der Waals surface area contributed by atoms with Crippen molar-refractivity contribution in [3.63, 3.8) is 0 Å². The van der Waals surface area contributed by atoms with Crippen LogP contribution in [0.2, 0.25) is 5.82 Å². The number of rotatable bonds is 4. The van der Waals surface area contributed by atoms with Crippen LogP contribution >= 0.6 is 0 Å². The van der Waals surface area contributed by atoms with Crippen LogP contribution in [0.4, 0.5) is 5.69 Å². The van der Waals surface area contributed by atoms with E-state index in [-0.39, 0.29) is 11.5 Å². The molecule has 0 amide bonds. The van der Waals surface area contributed by atoms with Gasteiger partial charge in [-0.2, -0.15) is 0 Å². The van der Waals surface area contributed by atoms with Crippen LogP contribution in [-0.2, 0) is 9.31 Å². The molecule has 2 rings (SSSR count). The maximum atomic E-state index is 10.8. The molecule has 2 atom stereocenters. The smallest absolute Gasteiger partial charge is 0.403 e. The van der Waals surface area contributed by atoms with E-state index in [2.05, 4.69) is 0 Å². The van der Waals surface area contributed by atoms with Crippen LogP contribution in [0, 0.1) is 10.1 Å². The molecule has 1 aliphatic rings. The summed E-state index contributed by atoms with van der Waals surface area (Å²) in [5.74, 6) is -0.358. The molecule has 0 aliphatic carbocycles. The highest BCUT2D eigenvalue weighted by Gasteiger charge is 2.54. The number of nitro benzene ring substituents is 1. The fourth-order valence-electron chi connectivity index (χ4n) is 2.38. The number of aliphatic hydroxyl groups excluding tert-OH is 1. The van der Waals surface area contributed by atoms with E-state index in [9.17, 15) is 15.2 Å². The van der Waals surface area contributed by atoms with E-state index in [1.807, 2.05) is 34.6 Å². The van der Waals surface area contributed by atoms with Gasteiger partial charge in [-0.3, -0.25) is 10.1 Å². The zero-order valence-corrected chi connectivity index (χ0v) is 13.6. The first-order chi connectivity index (χ1) is 10.0. The minimum atomic E-state index is -0.908. The Labute approximate surface area is 130 Å². The lowest BCUT2D eigenvalue weighted by Gasteiger charge is -2.32. The summed E-state index contributed by atoms with van der Waals surface area (Å²) in [6, 6.07) is 6.01. The van der Waals surface area contributed by atoms with Gasteiger partial charge in [0.25, 0.3) is 5.69 Å². The third kappa shape index (κ3) is 3.02. The van der Waals surface area contributed by atoms with Gasteiger partial charge in [0.2, 0.25) is 0 Å². The van der Waals surface area contributed by atoms with Gasteiger partial charge in [0.1, 0.15) is 0 Å². The summed E-state index contributed by atoms with van der Waals surface area (Å²) in [6.45, 7) is 9.59. The van der Waals surface area contributed by atoms with Crippen molar-refractivity contribution in [2.75, 3.05) is 0 Å². The van der Waals surface area contributed by atoms with Crippen LogP contribution in [-0.4, -0.2) is 28.4 Å². The van der Waals surface area contributed by atoms with Crippen LogP contribution in [0.3, 0.4) is 0 Å². The highest BCUT2D eigenvalue weighted by molar-refractivity contribution is 6.47. The van der Waals surface area contributed by atoms with Crippen molar-refractivity contribution in [1.29, 1.82) is 0 Å². The highest BCUT2D eigenvalue weighted by Crippen LogP contribution is 2.43. The summed E-state index contributed by atoms with van der Waals surface area (Å²) in [6.07, 6.45) is -0.908. The fourth-order valence-corrected chi connectivity index (χ4v) is 2.38. The molecule has 0 saturated carbocycles. The second-order valence-electron chi connectivity index (χ2n) is 6.78. The SMILES string of the molecule is CC(B1OC(C)(C)C(C)(C)O1)C(O)c1cccc([N+](=O)[O-])c1. The van der Waals surface area contributed by atoms with Gasteiger partial charge in [-0.05, 0) is 33.3 Å². The van der Waals surface area contributed by atoms with Gasteiger partial charge >= 0.3 is 7.12 Å². The third-order valence-electron chi connectivity index (χ3n) is 4.62. The summed E-state index contributed by atoms with van der Waals surface area (Å²) in [5.41, 5.74) is -0.517. The lowest BCUT2D eigenvalue weighted by molar-refractivity contribution is -0.385. The van der Waals surface area contributed by atoms with Crippen molar-refractivity contribution in [2.45, 2.75) is 57.7 Å². The summed E-state index contributed by atoms with van der Waals surface area (Å²) in [4.78, 5) is 10.4. The average Bonchev–Trinajstić information content (AvgIpc) is 2.66. The molecule has 1 heterocycles. The predicted molar refractivity (Wildman–Crippen MR) is 83.6 cm³/mol. The zero-order chi connectivity index (χ0) is 16.7. The number of non-ortho nitro benzene ring substituents is 1. The quantitative estimate of drug-likeness (QED) is 0.525. The maximum absolute atomic E-state index is 10.8. The normalized spacial score (nSPS) is 22.4. The van der Waals surface area contributed by atoms with Gasteiger partial charge in [0.15, 0.2) is 0 Å². The Bertz CT molecular complexity index is 559. The van der Waals surface area contributed by atoms with Gasteiger partial charge < -0.3 is 14.4 Å². The van der Waals surface area contributed by atoms with Gasteiger partial charge in [-0.15, -0.1) is 0 Å². The van der Waals surface area contributed by atoms with Gasteiger partial charge in [0, 0.05) is 17.9 Å². The molecule has 120 valence electrons. The Morgan fingerprint density at radius 1 is 1.23 bits per heavy atom. The summed E-state index contributed by atoms with van der Waals surface area (Å²) in [7, 11) is -0.570. The van der Waals surface area contributed by atoms with E-state index < -0.39 is 29.3 Å². The van der Waals surface area contributed by atoms with Crippen LogP contribution < -0.4 is 0 Å². The number of hydrogen-bond acceptors (Lipinski definition) is 5. The first-order valence-corrected chi connectivity index (χ1v) is 7.33. The summed E-state index contributed by atoms with van der Waals surface area (Å²) in [5, 5.41) is 21.4. The Kier molecular flexibility index (Phi) is 4.34. The van der Waals surface area contributed by atoms with Gasteiger partial charge in [-0.25, -0.2) is 0 Å². The number of nitro groups is 1. The van der Waals surface area contributed by atoms with Crippen molar-refractivity contribution >= 4 is 12.8 Å². The molecule has 1 saturated heterocycles. The molecular weight excluding hydrogens is 285 g/mol. The Morgan fingerprint density at radius 2 is 1.77 bits per heavy atom. The zero-order valence-electron chi connectivity index (χ0n) is 13.6. The van der Waals surface area contributed by atoms with E-state index in [0.717, 1.165) is 0 Å². The van der Waals surface area contributed by atoms with E-state index in [4.69, 9.17) is 9.31 Å².